The number of H-pyrrole nitrogens is 1. The number of aromatic nitrogens is 2. The topological polar surface area (TPSA) is 253 Å². The Hall–Kier alpha value is -4.50. The molecule has 1 N–H and O–H groups in total. The fourth-order valence-corrected chi connectivity index (χ4v) is 4.27. The average molecular weight is 837 g/mol. The molecule has 0 spiro atoms. The van der Waals surface area contributed by atoms with Crippen molar-refractivity contribution in [1.82, 2.24) is 10.2 Å². The zero-order valence-electron chi connectivity index (χ0n) is 30.9. The molecule has 1 unspecified atom stereocenters. The van der Waals surface area contributed by atoms with E-state index in [-0.39, 0.29) is 54.1 Å². The van der Waals surface area contributed by atoms with E-state index in [1.807, 2.05) is 25.9 Å². The summed E-state index contributed by atoms with van der Waals surface area (Å²) in [5.74, 6) is -2.74. The molecule has 0 radical (unpaired) electrons. The van der Waals surface area contributed by atoms with Crippen LogP contribution in [-0.2, 0) is 43.6 Å². The van der Waals surface area contributed by atoms with Gasteiger partial charge in [-0.25, -0.2) is 23.1 Å². The number of anilines is 1. The van der Waals surface area contributed by atoms with Crippen LogP contribution in [0.3, 0.4) is 0 Å². The first-order valence-electron chi connectivity index (χ1n) is 15.3. The number of hydrogen-bond acceptors (Lipinski definition) is 16. The van der Waals surface area contributed by atoms with Crippen molar-refractivity contribution in [3.05, 3.63) is 86.3 Å². The Morgan fingerprint density at radius 1 is 0.945 bits per heavy atom. The van der Waals surface area contributed by atoms with Crippen molar-refractivity contribution in [2.75, 3.05) is 32.2 Å². The van der Waals surface area contributed by atoms with Gasteiger partial charge in [0.25, 0.3) is 5.56 Å². The number of Topliss-reactive ketones (excluding diaryl/α,β-unsaturated/α-hetero) is 1. The minimum Gasteiger partial charge on any atom is -0.728 e. The first kappa shape index (κ1) is 50.5. The summed E-state index contributed by atoms with van der Waals surface area (Å²) in [7, 11) is -0.904. The third kappa shape index (κ3) is 19.6. The summed E-state index contributed by atoms with van der Waals surface area (Å²) in [5.41, 5.74) is 3.25. The Morgan fingerprint density at radius 2 is 1.47 bits per heavy atom. The quantitative estimate of drug-likeness (QED) is 0.0897. The van der Waals surface area contributed by atoms with Crippen LogP contribution < -0.4 is 40.0 Å². The molecule has 0 fully saturated rings. The normalized spacial score (nSPS) is 13.1. The van der Waals surface area contributed by atoms with Crippen molar-refractivity contribution in [1.29, 1.82) is 0 Å². The van der Waals surface area contributed by atoms with Crippen molar-refractivity contribution in [3.63, 3.8) is 0 Å². The second-order valence-corrected chi connectivity index (χ2v) is 12.3. The van der Waals surface area contributed by atoms with Crippen LogP contribution in [0.15, 0.2) is 74.8 Å². The van der Waals surface area contributed by atoms with Crippen LogP contribution in [0, 0.1) is 12.8 Å². The number of benzene rings is 2. The first-order chi connectivity index (χ1) is 25.2. The first-order valence-corrected chi connectivity index (χ1v) is 17.4. The van der Waals surface area contributed by atoms with Gasteiger partial charge in [-0.2, -0.15) is 5.10 Å². The maximum atomic E-state index is 11.1. The molecule has 2 aromatic carbocycles. The van der Waals surface area contributed by atoms with Crippen LogP contribution in [0.1, 0.15) is 33.3 Å². The molecule has 2 heterocycles. The predicted octanol–water partition coefficient (Wildman–Crippen LogP) is 2.89. The number of halogens is 2. The smallest absolute Gasteiger partial charge is 0.728 e. The Labute approximate surface area is 348 Å². The van der Waals surface area contributed by atoms with E-state index in [2.05, 4.69) is 38.8 Å². The van der Waals surface area contributed by atoms with Gasteiger partial charge in [-0.05, 0) is 82.6 Å². The van der Waals surface area contributed by atoms with Gasteiger partial charge in [0.15, 0.2) is 17.5 Å². The van der Waals surface area contributed by atoms with E-state index in [0.29, 0.717) is 21.4 Å². The number of carbonyl (C=O) groups excluding carboxylic acids is 5. The third-order valence-corrected chi connectivity index (χ3v) is 7.17. The van der Waals surface area contributed by atoms with Gasteiger partial charge in [-0.3, -0.25) is 19.2 Å². The van der Waals surface area contributed by atoms with E-state index in [4.69, 9.17) is 23.2 Å². The molecular formula is C33H36Cl2N5NaO13S. The molecule has 3 aromatic rings. The molecule has 0 saturated carbocycles. The van der Waals surface area contributed by atoms with E-state index >= 15 is 0 Å². The minimum atomic E-state index is -4.65. The Morgan fingerprint density at radius 3 is 1.87 bits per heavy atom. The summed E-state index contributed by atoms with van der Waals surface area (Å²) in [5, 5.41) is 10.7. The molecule has 0 saturated heterocycles. The van der Waals surface area contributed by atoms with Crippen LogP contribution >= 0.6 is 23.2 Å². The van der Waals surface area contributed by atoms with E-state index in [1.54, 1.807) is 56.3 Å². The molecule has 1 aliphatic heterocycles. The molecule has 1 aromatic heterocycles. The number of aromatic amines is 1. The molecule has 4 rings (SSSR count). The van der Waals surface area contributed by atoms with E-state index < -0.39 is 46.1 Å². The summed E-state index contributed by atoms with van der Waals surface area (Å²) in [6.45, 7) is 8.06. The van der Waals surface area contributed by atoms with Gasteiger partial charge in [0.05, 0.1) is 24.6 Å². The summed E-state index contributed by atoms with van der Waals surface area (Å²) in [6, 6.07) is 13.2. The Bertz CT molecular complexity index is 1980. The number of carbonyl (C=O) groups is 5. The molecular weight excluding hydrogens is 800 g/mol. The molecule has 22 heteroatoms. The SMILES string of the molecule is CC(=O)C1C(=O)C=C(C)OC1=O.CCOC(=O)OC(=O)OCC.CN(C)c1ccc(/N=N/S(=O)(=O)[O-])cc1.Cc1c(Cl)cc(-c2ccc(=O)[nH]n2)cc1Cl.[Na+]. The van der Waals surface area contributed by atoms with Crippen molar-refractivity contribution < 1.29 is 85.4 Å². The van der Waals surface area contributed by atoms with E-state index in [1.165, 1.54) is 19.9 Å². The zero-order chi connectivity index (χ0) is 41.2. The predicted molar refractivity (Wildman–Crippen MR) is 194 cm³/mol. The van der Waals surface area contributed by atoms with Gasteiger partial charge in [-0.1, -0.05) is 27.7 Å². The number of ketones is 2. The minimum absolute atomic E-state index is 0. The monoisotopic (exact) mass is 835 g/mol. The summed E-state index contributed by atoms with van der Waals surface area (Å²) in [6.07, 6.45) is -0.912. The zero-order valence-corrected chi connectivity index (χ0v) is 35.3. The molecule has 292 valence electrons. The Balaban J connectivity index is 0.000000711. The number of nitrogens with zero attached hydrogens (tertiary/aromatic N) is 4. The van der Waals surface area contributed by atoms with Crippen LogP contribution in [0.2, 0.25) is 10.0 Å². The van der Waals surface area contributed by atoms with E-state index in [9.17, 15) is 41.7 Å². The fourth-order valence-electron chi connectivity index (χ4n) is 3.59. The maximum absolute atomic E-state index is 11.1. The van der Waals surface area contributed by atoms with Crippen LogP contribution in [0.4, 0.5) is 21.0 Å². The van der Waals surface area contributed by atoms with Gasteiger partial charge >= 0.3 is 47.8 Å². The van der Waals surface area contributed by atoms with Crippen LogP contribution in [-0.4, -0.2) is 80.3 Å². The van der Waals surface area contributed by atoms with Gasteiger partial charge in [0, 0.05) is 47.5 Å². The summed E-state index contributed by atoms with van der Waals surface area (Å²) < 4.78 is 50.3. The van der Waals surface area contributed by atoms with Crippen LogP contribution in [0.25, 0.3) is 11.3 Å². The second-order valence-electron chi connectivity index (χ2n) is 10.5. The van der Waals surface area contributed by atoms with Gasteiger partial charge in [-0.15, -0.1) is 5.11 Å². The summed E-state index contributed by atoms with van der Waals surface area (Å²) in [4.78, 5) is 66.3. The molecule has 0 amide bonds. The van der Waals surface area contributed by atoms with Gasteiger partial charge in [0.2, 0.25) is 10.3 Å². The number of hydrogen-bond donors (Lipinski definition) is 1. The van der Waals surface area contributed by atoms with Crippen LogP contribution in [0.5, 0.6) is 0 Å². The fraction of sp³-hybridized carbons (Fsp3) is 0.303. The maximum Gasteiger partial charge on any atom is 1.00 e. The van der Waals surface area contributed by atoms with Gasteiger partial charge in [0.1, 0.15) is 5.76 Å². The van der Waals surface area contributed by atoms with E-state index in [0.717, 1.165) is 22.9 Å². The number of rotatable bonds is 7. The molecule has 1 atom stereocenters. The van der Waals surface area contributed by atoms with Crippen molar-refractivity contribution >= 4 is 74.7 Å². The molecule has 0 aliphatic carbocycles. The number of esters is 1. The standard InChI is InChI=1S/C11H8Cl2N2O.C8H11N3O3S.C8H8O4.C6H10O5.Na/c1-6-8(12)4-7(5-9(6)13)10-2-3-11(16)15-14-10;1-11(2)8-5-3-7(4-6-8)9-10-15(12,13)14;1-4-3-6(10)7(5(2)9)8(11)12-4;1-3-9-5(7)11-6(8)10-4-2;/h2-5H,1H3,(H,15,16);3-6H,1-2H3,(H,12,13,14);3,7H,1-2H3;3-4H2,1-2H3;/q;;;;+1/p-1/b;10-9+;;;. The number of cyclic esters (lactones) is 1. The molecule has 0 bridgehead atoms. The molecule has 18 nitrogen and oxygen atoms in total. The molecule has 55 heavy (non-hydrogen) atoms. The van der Waals surface area contributed by atoms with Gasteiger partial charge < -0.3 is 28.4 Å². The third-order valence-electron chi connectivity index (χ3n) is 6.10. The Kier molecular flexibility index (Phi) is 22.8. The second kappa shape index (κ2) is 24.8. The number of ether oxygens (including phenoxy) is 4. The largest absolute Gasteiger partial charge is 1.00 e. The number of allylic oxidation sites excluding steroid dienone is 2. The van der Waals surface area contributed by atoms with Crippen molar-refractivity contribution in [3.8, 4) is 11.3 Å². The molecule has 1 aliphatic rings. The summed E-state index contributed by atoms with van der Waals surface area (Å²) >= 11 is 12.0. The van der Waals surface area contributed by atoms with Crippen molar-refractivity contribution in [2.45, 2.75) is 34.6 Å². The average Bonchev–Trinajstić information content (AvgIpc) is 3.06. The number of nitrogens with one attached hydrogen (secondary N) is 1. The van der Waals surface area contributed by atoms with Crippen molar-refractivity contribution in [2.24, 2.45) is 15.6 Å².